The van der Waals surface area contributed by atoms with Gasteiger partial charge >= 0.3 is 6.03 Å². The third-order valence-corrected chi connectivity index (χ3v) is 5.84. The summed E-state index contributed by atoms with van der Waals surface area (Å²) in [6.45, 7) is 1.82. The van der Waals surface area contributed by atoms with Gasteiger partial charge in [0.25, 0.3) is 5.91 Å². The zero-order valence-electron chi connectivity index (χ0n) is 15.7. The van der Waals surface area contributed by atoms with Crippen molar-refractivity contribution < 1.29 is 9.59 Å². The van der Waals surface area contributed by atoms with Gasteiger partial charge in [-0.05, 0) is 43.9 Å². The molecule has 1 aromatic carbocycles. The fourth-order valence-corrected chi connectivity index (χ4v) is 4.12. The summed E-state index contributed by atoms with van der Waals surface area (Å²) >= 11 is 0. The largest absolute Gasteiger partial charge is 0.356 e. The Morgan fingerprint density at radius 1 is 0.929 bits per heavy atom. The first-order valence-electron chi connectivity index (χ1n) is 9.97. The standard InChI is InChI=1S/C21H23N5O2/c27-19-14-25(21(28)26(19)17-4-2-1-3-5-17)16-9-12-24(13-10-16)18-8-11-22-20(23-18)15-6-7-15/h1-5,8,11,15-16H,6-7,9-10,12-14H2. The van der Waals surface area contributed by atoms with Gasteiger partial charge in [-0.15, -0.1) is 0 Å². The van der Waals surface area contributed by atoms with E-state index < -0.39 is 0 Å². The van der Waals surface area contributed by atoms with Crippen LogP contribution in [0.2, 0.25) is 0 Å². The van der Waals surface area contributed by atoms with Crippen molar-refractivity contribution >= 4 is 23.4 Å². The van der Waals surface area contributed by atoms with Crippen LogP contribution in [0.25, 0.3) is 0 Å². The van der Waals surface area contributed by atoms with Crippen molar-refractivity contribution in [3.05, 3.63) is 48.4 Å². The van der Waals surface area contributed by atoms with Crippen molar-refractivity contribution in [3.63, 3.8) is 0 Å². The highest BCUT2D eigenvalue weighted by Crippen LogP contribution is 2.38. The molecule has 2 aliphatic heterocycles. The molecule has 2 aromatic rings. The molecule has 3 fully saturated rings. The molecule has 2 saturated heterocycles. The number of piperidine rings is 1. The van der Waals surface area contributed by atoms with Crippen molar-refractivity contribution in [3.8, 4) is 0 Å². The van der Waals surface area contributed by atoms with Gasteiger partial charge in [0.15, 0.2) is 0 Å². The number of benzene rings is 1. The molecule has 0 N–H and O–H groups in total. The number of hydrogen-bond donors (Lipinski definition) is 0. The van der Waals surface area contributed by atoms with E-state index in [9.17, 15) is 9.59 Å². The third-order valence-electron chi connectivity index (χ3n) is 5.84. The van der Waals surface area contributed by atoms with Gasteiger partial charge in [-0.2, -0.15) is 0 Å². The summed E-state index contributed by atoms with van der Waals surface area (Å²) in [6, 6.07) is 11.0. The van der Waals surface area contributed by atoms with Crippen molar-refractivity contribution in [2.75, 3.05) is 29.4 Å². The average Bonchev–Trinajstić information content (AvgIpc) is 3.54. The lowest BCUT2D eigenvalue weighted by Gasteiger charge is -2.36. The normalized spacial score (nSPS) is 20.9. The number of nitrogens with zero attached hydrogens (tertiary/aromatic N) is 5. The van der Waals surface area contributed by atoms with E-state index in [4.69, 9.17) is 4.98 Å². The van der Waals surface area contributed by atoms with Crippen molar-refractivity contribution in [2.45, 2.75) is 37.6 Å². The summed E-state index contributed by atoms with van der Waals surface area (Å²) in [7, 11) is 0. The number of aromatic nitrogens is 2. The molecule has 0 radical (unpaired) electrons. The number of carbonyl (C=O) groups is 2. The number of amides is 3. The van der Waals surface area contributed by atoms with Gasteiger partial charge < -0.3 is 9.80 Å². The zero-order chi connectivity index (χ0) is 19.1. The Hall–Kier alpha value is -2.96. The van der Waals surface area contributed by atoms with Crippen LogP contribution in [0.3, 0.4) is 0 Å². The molecule has 7 heteroatoms. The number of imide groups is 1. The second-order valence-corrected chi connectivity index (χ2v) is 7.74. The predicted molar refractivity (Wildman–Crippen MR) is 105 cm³/mol. The maximum Gasteiger partial charge on any atom is 0.332 e. The van der Waals surface area contributed by atoms with E-state index in [0.29, 0.717) is 11.6 Å². The molecule has 3 heterocycles. The highest BCUT2D eigenvalue weighted by Gasteiger charge is 2.41. The molecular weight excluding hydrogens is 354 g/mol. The summed E-state index contributed by atoms with van der Waals surface area (Å²) in [5.74, 6) is 2.32. The zero-order valence-corrected chi connectivity index (χ0v) is 15.7. The Morgan fingerprint density at radius 3 is 2.39 bits per heavy atom. The van der Waals surface area contributed by atoms with Crippen molar-refractivity contribution in [2.24, 2.45) is 0 Å². The fraction of sp³-hybridized carbons (Fsp3) is 0.429. The first kappa shape index (κ1) is 17.2. The molecule has 3 aliphatic rings. The van der Waals surface area contributed by atoms with E-state index in [1.807, 2.05) is 30.5 Å². The second kappa shape index (κ2) is 6.89. The minimum atomic E-state index is -0.201. The maximum absolute atomic E-state index is 12.9. The molecule has 1 aliphatic carbocycles. The maximum atomic E-state index is 12.9. The number of hydrogen-bond acceptors (Lipinski definition) is 5. The topological polar surface area (TPSA) is 69.6 Å². The first-order valence-corrected chi connectivity index (χ1v) is 9.97. The van der Waals surface area contributed by atoms with Crippen molar-refractivity contribution in [1.82, 2.24) is 14.9 Å². The molecule has 7 nitrogen and oxygen atoms in total. The van der Waals surface area contributed by atoms with Gasteiger partial charge in [-0.25, -0.2) is 19.7 Å². The first-order chi connectivity index (χ1) is 13.7. The lowest BCUT2D eigenvalue weighted by molar-refractivity contribution is -0.116. The number of urea groups is 1. The number of rotatable bonds is 4. The molecule has 5 rings (SSSR count). The summed E-state index contributed by atoms with van der Waals surface area (Å²) in [5.41, 5.74) is 0.644. The smallest absolute Gasteiger partial charge is 0.332 e. The van der Waals surface area contributed by atoms with Gasteiger partial charge in [0, 0.05) is 31.2 Å². The fourth-order valence-electron chi connectivity index (χ4n) is 4.12. The highest BCUT2D eigenvalue weighted by atomic mass is 16.2. The van der Waals surface area contributed by atoms with Crippen LogP contribution in [0.5, 0.6) is 0 Å². The van der Waals surface area contributed by atoms with E-state index in [1.165, 1.54) is 17.7 Å². The van der Waals surface area contributed by atoms with E-state index in [-0.39, 0.29) is 24.5 Å². The Labute approximate surface area is 164 Å². The lowest BCUT2D eigenvalue weighted by atomic mass is 10.0. The van der Waals surface area contributed by atoms with Gasteiger partial charge in [0.05, 0.1) is 5.69 Å². The van der Waals surface area contributed by atoms with Crippen LogP contribution in [0.15, 0.2) is 42.6 Å². The predicted octanol–water partition coefficient (Wildman–Crippen LogP) is 2.79. The van der Waals surface area contributed by atoms with E-state index in [2.05, 4.69) is 9.88 Å². The summed E-state index contributed by atoms with van der Waals surface area (Å²) in [5, 5.41) is 0. The molecule has 0 bridgehead atoms. The quantitative estimate of drug-likeness (QED) is 0.767. The molecule has 28 heavy (non-hydrogen) atoms. The second-order valence-electron chi connectivity index (χ2n) is 7.74. The van der Waals surface area contributed by atoms with Crippen LogP contribution >= 0.6 is 0 Å². The Bertz CT molecular complexity index is 891. The molecule has 3 amide bonds. The van der Waals surface area contributed by atoms with E-state index in [0.717, 1.165) is 37.6 Å². The molecule has 1 saturated carbocycles. The molecule has 0 atom stereocenters. The Morgan fingerprint density at radius 2 is 1.68 bits per heavy atom. The molecule has 0 unspecified atom stereocenters. The highest BCUT2D eigenvalue weighted by molar-refractivity contribution is 6.19. The van der Waals surface area contributed by atoms with Gasteiger partial charge in [0.2, 0.25) is 0 Å². The van der Waals surface area contributed by atoms with Crippen LogP contribution < -0.4 is 9.80 Å². The minimum Gasteiger partial charge on any atom is -0.356 e. The van der Waals surface area contributed by atoms with Crippen LogP contribution in [-0.4, -0.2) is 52.5 Å². The Kier molecular flexibility index (Phi) is 4.22. The van der Waals surface area contributed by atoms with Crippen LogP contribution in [0, 0.1) is 0 Å². The van der Waals surface area contributed by atoms with E-state index in [1.54, 1.807) is 17.0 Å². The average molecular weight is 377 g/mol. The number of carbonyl (C=O) groups excluding carboxylic acids is 2. The summed E-state index contributed by atoms with van der Waals surface area (Å²) < 4.78 is 0. The molecule has 0 spiro atoms. The number of para-hydroxylation sites is 1. The molecule has 144 valence electrons. The van der Waals surface area contributed by atoms with Crippen LogP contribution in [-0.2, 0) is 4.79 Å². The Balaban J connectivity index is 1.25. The number of anilines is 2. The van der Waals surface area contributed by atoms with Crippen LogP contribution in [0.1, 0.15) is 37.4 Å². The molecular formula is C21H23N5O2. The summed E-state index contributed by atoms with van der Waals surface area (Å²) in [4.78, 5) is 39.8. The minimum absolute atomic E-state index is 0.0890. The monoisotopic (exact) mass is 377 g/mol. The summed E-state index contributed by atoms with van der Waals surface area (Å²) in [6.07, 6.45) is 5.90. The van der Waals surface area contributed by atoms with Crippen molar-refractivity contribution in [1.29, 1.82) is 0 Å². The van der Waals surface area contributed by atoms with Gasteiger partial charge in [-0.1, -0.05) is 18.2 Å². The lowest BCUT2D eigenvalue weighted by Crippen LogP contribution is -2.46. The SMILES string of the molecule is O=C1CN(C2CCN(c3ccnc(C4CC4)n3)CC2)C(=O)N1c1ccccc1. The third kappa shape index (κ3) is 3.10. The van der Waals surface area contributed by atoms with E-state index >= 15 is 0 Å². The van der Waals surface area contributed by atoms with Crippen LogP contribution in [0.4, 0.5) is 16.3 Å². The van der Waals surface area contributed by atoms with Gasteiger partial charge in [0.1, 0.15) is 18.2 Å². The molecule has 1 aromatic heterocycles. The van der Waals surface area contributed by atoms with Gasteiger partial charge in [-0.3, -0.25) is 4.79 Å².